The van der Waals surface area contributed by atoms with Crippen LogP contribution in [0.3, 0.4) is 0 Å². The van der Waals surface area contributed by atoms with Crippen LogP contribution < -0.4 is 14.4 Å². The average molecular weight is 680 g/mol. The maximum Gasteiger partial charge on any atom is 0.264 e. The minimum absolute atomic E-state index is 0.0329. The molecule has 0 aliphatic rings. The molecule has 0 unspecified atom stereocenters. The third kappa shape index (κ3) is 9.79. The van der Waals surface area contributed by atoms with Crippen LogP contribution in [0.15, 0.2) is 108 Å². The molecule has 0 saturated heterocycles. The summed E-state index contributed by atoms with van der Waals surface area (Å²) < 4.78 is 48.7. The van der Waals surface area contributed by atoms with Gasteiger partial charge in [0.15, 0.2) is 0 Å². The molecule has 0 aliphatic heterocycles. The zero-order valence-corrected chi connectivity index (χ0v) is 28.4. The molecule has 0 aliphatic carbocycles. The van der Waals surface area contributed by atoms with Gasteiger partial charge in [-0.25, -0.2) is 12.8 Å². The van der Waals surface area contributed by atoms with Crippen molar-refractivity contribution in [3.63, 3.8) is 0 Å². The third-order valence-corrected chi connectivity index (χ3v) is 9.15. The van der Waals surface area contributed by atoms with E-state index >= 15 is 0 Å². The van der Waals surface area contributed by atoms with Crippen molar-refractivity contribution < 1.29 is 27.1 Å². The Kier molecular flexibility index (Phi) is 11.7. The van der Waals surface area contributed by atoms with Crippen LogP contribution in [0.2, 0.25) is 5.02 Å². The highest BCUT2D eigenvalue weighted by Gasteiger charge is 2.35. The van der Waals surface area contributed by atoms with Crippen LogP contribution in [0.1, 0.15) is 38.8 Å². The highest BCUT2D eigenvalue weighted by molar-refractivity contribution is 7.92. The number of carbonyl (C=O) groups excluding carboxylic acids is 2. The summed E-state index contributed by atoms with van der Waals surface area (Å²) in [6.07, 6.45) is 0.164. The van der Waals surface area contributed by atoms with E-state index in [2.05, 4.69) is 5.32 Å². The molecule has 2 amide bonds. The number of halogens is 2. The normalized spacial score (nSPS) is 12.2. The Morgan fingerprint density at radius 2 is 1.53 bits per heavy atom. The maximum absolute atomic E-state index is 14.5. The third-order valence-electron chi connectivity index (χ3n) is 7.13. The van der Waals surface area contributed by atoms with Gasteiger partial charge in [-0.15, -0.1) is 0 Å². The molecule has 4 aromatic rings. The zero-order valence-electron chi connectivity index (χ0n) is 26.8. The van der Waals surface area contributed by atoms with Crippen LogP contribution in [0.5, 0.6) is 5.75 Å². The van der Waals surface area contributed by atoms with Crippen LogP contribution >= 0.6 is 11.6 Å². The second kappa shape index (κ2) is 15.5. The number of hydrogen-bond donors (Lipinski definition) is 1. The lowest BCUT2D eigenvalue weighted by Crippen LogP contribution is -2.56. The molecule has 1 atom stereocenters. The molecular formula is C36H39ClFN3O5S. The van der Waals surface area contributed by atoms with Gasteiger partial charge in [0.2, 0.25) is 11.8 Å². The van der Waals surface area contributed by atoms with E-state index in [1.54, 1.807) is 24.3 Å². The number of hydrogen-bond acceptors (Lipinski definition) is 5. The molecule has 1 N–H and O–H groups in total. The number of sulfonamides is 1. The molecular weight excluding hydrogens is 641 g/mol. The summed E-state index contributed by atoms with van der Waals surface area (Å²) in [5.41, 5.74) is 0.918. The fourth-order valence-electron chi connectivity index (χ4n) is 4.98. The topological polar surface area (TPSA) is 96.0 Å². The molecule has 0 fully saturated rings. The van der Waals surface area contributed by atoms with Crippen LogP contribution in [-0.4, -0.2) is 49.9 Å². The summed E-state index contributed by atoms with van der Waals surface area (Å²) in [4.78, 5) is 29.7. The predicted molar refractivity (Wildman–Crippen MR) is 182 cm³/mol. The molecule has 4 aromatic carbocycles. The highest BCUT2D eigenvalue weighted by atomic mass is 35.5. The zero-order chi connectivity index (χ0) is 34.2. The fourth-order valence-corrected chi connectivity index (χ4v) is 6.60. The van der Waals surface area contributed by atoms with Crippen molar-refractivity contribution in [1.29, 1.82) is 0 Å². The molecule has 8 nitrogen and oxygen atoms in total. The van der Waals surface area contributed by atoms with Gasteiger partial charge in [0, 0.05) is 23.5 Å². The molecule has 4 rings (SSSR count). The first-order chi connectivity index (χ1) is 22.3. The minimum Gasteiger partial charge on any atom is -0.494 e. The van der Waals surface area contributed by atoms with Crippen LogP contribution in [-0.2, 0) is 32.6 Å². The first-order valence-electron chi connectivity index (χ1n) is 15.2. The number of nitrogens with one attached hydrogen (secondary N) is 1. The van der Waals surface area contributed by atoms with Gasteiger partial charge in [0.1, 0.15) is 24.2 Å². The van der Waals surface area contributed by atoms with Crippen LogP contribution in [0.25, 0.3) is 0 Å². The summed E-state index contributed by atoms with van der Waals surface area (Å²) in [5.74, 6) is -1.13. The molecule has 0 spiro atoms. The first-order valence-corrected chi connectivity index (χ1v) is 17.0. The molecule has 0 heterocycles. The van der Waals surface area contributed by atoms with Crippen molar-refractivity contribution in [2.45, 2.75) is 57.1 Å². The van der Waals surface area contributed by atoms with E-state index in [1.165, 1.54) is 41.3 Å². The van der Waals surface area contributed by atoms with Crippen molar-refractivity contribution >= 4 is 39.1 Å². The lowest BCUT2D eigenvalue weighted by Gasteiger charge is -2.35. The van der Waals surface area contributed by atoms with Gasteiger partial charge in [-0.1, -0.05) is 54.1 Å². The molecule has 0 radical (unpaired) electrons. The summed E-state index contributed by atoms with van der Waals surface area (Å²) in [6, 6.07) is 25.8. The first kappa shape index (κ1) is 35.4. The molecule has 47 heavy (non-hydrogen) atoms. The molecule has 11 heteroatoms. The molecule has 0 bridgehead atoms. The predicted octanol–water partition coefficient (Wildman–Crippen LogP) is 6.63. The summed E-state index contributed by atoms with van der Waals surface area (Å²) in [7, 11) is -4.35. The number of nitrogens with zero attached hydrogens (tertiary/aromatic N) is 2. The quantitative estimate of drug-likeness (QED) is 0.171. The summed E-state index contributed by atoms with van der Waals surface area (Å²) in [5, 5.41) is 3.43. The smallest absolute Gasteiger partial charge is 0.264 e. The van der Waals surface area contributed by atoms with E-state index in [0.717, 1.165) is 22.0 Å². The van der Waals surface area contributed by atoms with Crippen molar-refractivity contribution in [3.8, 4) is 5.75 Å². The van der Waals surface area contributed by atoms with E-state index in [1.807, 2.05) is 58.0 Å². The fraction of sp³-hybridized carbons (Fsp3) is 0.278. The van der Waals surface area contributed by atoms with Crippen molar-refractivity contribution in [1.82, 2.24) is 10.2 Å². The van der Waals surface area contributed by atoms with Crippen molar-refractivity contribution in [3.05, 3.63) is 125 Å². The van der Waals surface area contributed by atoms with E-state index in [4.69, 9.17) is 16.3 Å². The van der Waals surface area contributed by atoms with Gasteiger partial charge in [0.05, 0.1) is 17.2 Å². The maximum atomic E-state index is 14.5. The lowest BCUT2D eigenvalue weighted by molar-refractivity contribution is -0.140. The Balaban J connectivity index is 1.81. The van der Waals surface area contributed by atoms with E-state index in [9.17, 15) is 22.4 Å². The van der Waals surface area contributed by atoms with Crippen LogP contribution in [0.4, 0.5) is 10.1 Å². The number of anilines is 1. The van der Waals surface area contributed by atoms with Crippen molar-refractivity contribution in [2.24, 2.45) is 0 Å². The van der Waals surface area contributed by atoms with Gasteiger partial charge in [-0.2, -0.15) is 0 Å². The summed E-state index contributed by atoms with van der Waals surface area (Å²) in [6.45, 7) is 7.03. The molecule has 248 valence electrons. The number of amides is 2. The Labute approximate surface area is 281 Å². The standard InChI is InChI=1S/C36H39ClFN3O5S/c1-5-46-31-18-20-32(21-19-31)47(44,45)41(30-16-14-29(38)15-17-30)25-34(42)40(24-27-12-9-13-28(37)22-27)33(35(43)39-36(2,3)4)23-26-10-7-6-8-11-26/h6-22,33H,5,23-25H2,1-4H3,(H,39,43)/t33-/m0/s1. The Bertz CT molecular complexity index is 1760. The van der Waals surface area contributed by atoms with E-state index in [-0.39, 0.29) is 23.5 Å². The number of rotatable bonds is 13. The highest BCUT2D eigenvalue weighted by Crippen LogP contribution is 2.27. The molecule has 0 saturated carbocycles. The average Bonchev–Trinajstić information content (AvgIpc) is 3.02. The Morgan fingerprint density at radius 3 is 2.13 bits per heavy atom. The second-order valence-corrected chi connectivity index (χ2v) is 14.3. The summed E-state index contributed by atoms with van der Waals surface area (Å²) >= 11 is 6.29. The van der Waals surface area contributed by atoms with E-state index in [0.29, 0.717) is 22.9 Å². The van der Waals surface area contributed by atoms with Crippen molar-refractivity contribution in [2.75, 3.05) is 17.5 Å². The van der Waals surface area contributed by atoms with Gasteiger partial charge in [-0.05, 0) is 99.5 Å². The Morgan fingerprint density at radius 1 is 0.894 bits per heavy atom. The minimum atomic E-state index is -4.35. The second-order valence-electron chi connectivity index (χ2n) is 12.0. The van der Waals surface area contributed by atoms with Gasteiger partial charge < -0.3 is 15.0 Å². The van der Waals surface area contributed by atoms with Crippen LogP contribution in [0, 0.1) is 5.82 Å². The number of benzene rings is 4. The monoisotopic (exact) mass is 679 g/mol. The Hall–Kier alpha value is -4.41. The SMILES string of the molecule is CCOc1ccc(S(=O)(=O)N(CC(=O)N(Cc2cccc(Cl)c2)[C@@H](Cc2ccccc2)C(=O)NC(C)(C)C)c2ccc(F)cc2)cc1. The van der Waals surface area contributed by atoms with Gasteiger partial charge >= 0.3 is 0 Å². The number of ether oxygens (including phenoxy) is 1. The van der Waals surface area contributed by atoms with Gasteiger partial charge in [0.25, 0.3) is 10.0 Å². The van der Waals surface area contributed by atoms with E-state index < -0.39 is 45.8 Å². The van der Waals surface area contributed by atoms with Gasteiger partial charge in [-0.3, -0.25) is 13.9 Å². The largest absolute Gasteiger partial charge is 0.494 e. The lowest BCUT2D eigenvalue weighted by atomic mass is 10.0. The number of carbonyl (C=O) groups is 2. The molecule has 0 aromatic heterocycles.